The predicted molar refractivity (Wildman–Crippen MR) is 78.1 cm³/mol. The number of rotatable bonds is 8. The Hall–Kier alpha value is -1.28. The SMILES string of the molecule is C=CCCCNC(C)c1ccc(OC(C)C)cc1. The van der Waals surface area contributed by atoms with Gasteiger partial charge in [0, 0.05) is 6.04 Å². The zero-order valence-corrected chi connectivity index (χ0v) is 11.8. The molecule has 2 heteroatoms. The minimum atomic E-state index is 0.227. The lowest BCUT2D eigenvalue weighted by Crippen LogP contribution is -2.19. The fourth-order valence-electron chi connectivity index (χ4n) is 1.79. The third-order valence-corrected chi connectivity index (χ3v) is 2.79. The summed E-state index contributed by atoms with van der Waals surface area (Å²) < 4.78 is 5.63. The van der Waals surface area contributed by atoms with Gasteiger partial charge in [-0.2, -0.15) is 0 Å². The molecule has 1 unspecified atom stereocenters. The number of unbranched alkanes of at least 4 members (excludes halogenated alkanes) is 1. The fraction of sp³-hybridized carbons (Fsp3) is 0.500. The van der Waals surface area contributed by atoms with Gasteiger partial charge in [-0.3, -0.25) is 0 Å². The molecule has 0 amide bonds. The molecule has 0 bridgehead atoms. The summed E-state index contributed by atoms with van der Waals surface area (Å²) in [5, 5.41) is 3.51. The largest absolute Gasteiger partial charge is 0.491 e. The highest BCUT2D eigenvalue weighted by Crippen LogP contribution is 2.18. The van der Waals surface area contributed by atoms with Crippen molar-refractivity contribution in [2.24, 2.45) is 0 Å². The van der Waals surface area contributed by atoms with Gasteiger partial charge in [-0.25, -0.2) is 0 Å². The fourth-order valence-corrected chi connectivity index (χ4v) is 1.79. The molecule has 1 aromatic carbocycles. The molecule has 0 aliphatic rings. The van der Waals surface area contributed by atoms with E-state index in [-0.39, 0.29) is 6.10 Å². The van der Waals surface area contributed by atoms with Crippen LogP contribution >= 0.6 is 0 Å². The Morgan fingerprint density at radius 2 is 1.89 bits per heavy atom. The standard InChI is InChI=1S/C16H25NO/c1-5-6-7-12-17-14(4)15-8-10-16(11-9-15)18-13(2)3/h5,8-11,13-14,17H,1,6-7,12H2,2-4H3. The van der Waals surface area contributed by atoms with Crippen molar-refractivity contribution in [3.8, 4) is 5.75 Å². The summed E-state index contributed by atoms with van der Waals surface area (Å²) in [5.41, 5.74) is 1.30. The first kappa shape index (κ1) is 14.8. The summed E-state index contributed by atoms with van der Waals surface area (Å²) >= 11 is 0. The normalized spacial score (nSPS) is 12.4. The molecular formula is C16H25NO. The van der Waals surface area contributed by atoms with Gasteiger partial charge in [-0.05, 0) is 57.9 Å². The summed E-state index contributed by atoms with van der Waals surface area (Å²) in [5.74, 6) is 0.938. The van der Waals surface area contributed by atoms with Crippen molar-refractivity contribution >= 4 is 0 Å². The van der Waals surface area contributed by atoms with Gasteiger partial charge in [0.25, 0.3) is 0 Å². The predicted octanol–water partition coefficient (Wildman–Crippen LogP) is 4.09. The Balaban J connectivity index is 2.43. The third-order valence-electron chi connectivity index (χ3n) is 2.79. The molecule has 18 heavy (non-hydrogen) atoms. The highest BCUT2D eigenvalue weighted by atomic mass is 16.5. The summed E-state index contributed by atoms with van der Waals surface area (Å²) in [4.78, 5) is 0. The summed E-state index contributed by atoms with van der Waals surface area (Å²) in [7, 11) is 0. The van der Waals surface area contributed by atoms with E-state index in [1.807, 2.05) is 32.1 Å². The van der Waals surface area contributed by atoms with Crippen LogP contribution in [0.25, 0.3) is 0 Å². The van der Waals surface area contributed by atoms with E-state index < -0.39 is 0 Å². The van der Waals surface area contributed by atoms with Crippen molar-refractivity contribution < 1.29 is 4.74 Å². The maximum Gasteiger partial charge on any atom is 0.119 e. The summed E-state index contributed by atoms with van der Waals surface area (Å²) in [6, 6.07) is 8.71. The minimum Gasteiger partial charge on any atom is -0.491 e. The van der Waals surface area contributed by atoms with Gasteiger partial charge in [0.05, 0.1) is 6.10 Å². The van der Waals surface area contributed by atoms with Gasteiger partial charge >= 0.3 is 0 Å². The molecular weight excluding hydrogens is 222 g/mol. The molecule has 1 atom stereocenters. The number of hydrogen-bond acceptors (Lipinski definition) is 2. The molecule has 0 radical (unpaired) electrons. The number of benzene rings is 1. The Bertz CT molecular complexity index is 343. The van der Waals surface area contributed by atoms with E-state index in [0.717, 1.165) is 25.1 Å². The first-order valence-electron chi connectivity index (χ1n) is 6.74. The van der Waals surface area contributed by atoms with E-state index in [4.69, 9.17) is 4.74 Å². The molecule has 0 saturated carbocycles. The molecule has 0 aliphatic carbocycles. The molecule has 2 nitrogen and oxygen atoms in total. The zero-order valence-electron chi connectivity index (χ0n) is 11.8. The minimum absolute atomic E-state index is 0.227. The molecule has 0 heterocycles. The van der Waals surface area contributed by atoms with Crippen LogP contribution in [-0.4, -0.2) is 12.6 Å². The van der Waals surface area contributed by atoms with Crippen LogP contribution in [0.2, 0.25) is 0 Å². The van der Waals surface area contributed by atoms with Crippen molar-refractivity contribution in [3.05, 3.63) is 42.5 Å². The lowest BCUT2D eigenvalue weighted by Gasteiger charge is -2.15. The maximum atomic E-state index is 5.63. The Morgan fingerprint density at radius 3 is 2.44 bits per heavy atom. The van der Waals surface area contributed by atoms with E-state index in [9.17, 15) is 0 Å². The lowest BCUT2D eigenvalue weighted by atomic mass is 10.1. The molecule has 0 aromatic heterocycles. The molecule has 0 aliphatic heterocycles. The Kier molecular flexibility index (Phi) is 6.51. The van der Waals surface area contributed by atoms with Crippen molar-refractivity contribution in [3.63, 3.8) is 0 Å². The van der Waals surface area contributed by atoms with Crippen LogP contribution in [0.4, 0.5) is 0 Å². The second-order valence-electron chi connectivity index (χ2n) is 4.84. The Labute approximate surface area is 111 Å². The second-order valence-corrected chi connectivity index (χ2v) is 4.84. The van der Waals surface area contributed by atoms with Crippen LogP contribution in [0, 0.1) is 0 Å². The number of ether oxygens (including phenoxy) is 1. The smallest absolute Gasteiger partial charge is 0.119 e. The first-order chi connectivity index (χ1) is 8.63. The van der Waals surface area contributed by atoms with Crippen LogP contribution < -0.4 is 10.1 Å². The van der Waals surface area contributed by atoms with E-state index in [2.05, 4.69) is 31.0 Å². The summed E-state index contributed by atoms with van der Waals surface area (Å²) in [6.07, 6.45) is 4.40. The van der Waals surface area contributed by atoms with Crippen molar-refractivity contribution in [2.75, 3.05) is 6.54 Å². The quantitative estimate of drug-likeness (QED) is 0.552. The number of allylic oxidation sites excluding steroid dienone is 1. The lowest BCUT2D eigenvalue weighted by molar-refractivity contribution is 0.242. The molecule has 0 spiro atoms. The van der Waals surface area contributed by atoms with Gasteiger partial charge in [0.2, 0.25) is 0 Å². The van der Waals surface area contributed by atoms with Crippen LogP contribution in [0.15, 0.2) is 36.9 Å². The average molecular weight is 247 g/mol. The number of nitrogens with one attached hydrogen (secondary N) is 1. The molecule has 1 N–H and O–H groups in total. The van der Waals surface area contributed by atoms with Crippen molar-refractivity contribution in [1.29, 1.82) is 0 Å². The highest BCUT2D eigenvalue weighted by molar-refractivity contribution is 5.29. The second kappa shape index (κ2) is 7.93. The van der Waals surface area contributed by atoms with E-state index >= 15 is 0 Å². The van der Waals surface area contributed by atoms with E-state index in [0.29, 0.717) is 6.04 Å². The molecule has 0 saturated heterocycles. The van der Waals surface area contributed by atoms with Gasteiger partial charge in [-0.1, -0.05) is 18.2 Å². The molecule has 1 rings (SSSR count). The molecule has 0 fully saturated rings. The van der Waals surface area contributed by atoms with Crippen LogP contribution in [-0.2, 0) is 0 Å². The summed E-state index contributed by atoms with van der Waals surface area (Å²) in [6.45, 7) is 11.0. The average Bonchev–Trinajstić information content (AvgIpc) is 2.34. The Morgan fingerprint density at radius 1 is 1.22 bits per heavy atom. The van der Waals surface area contributed by atoms with Crippen LogP contribution in [0.3, 0.4) is 0 Å². The number of hydrogen-bond donors (Lipinski definition) is 1. The zero-order chi connectivity index (χ0) is 13.4. The van der Waals surface area contributed by atoms with E-state index in [1.54, 1.807) is 0 Å². The van der Waals surface area contributed by atoms with Crippen molar-refractivity contribution in [1.82, 2.24) is 5.32 Å². The van der Waals surface area contributed by atoms with Gasteiger partial charge in [0.15, 0.2) is 0 Å². The van der Waals surface area contributed by atoms with Gasteiger partial charge < -0.3 is 10.1 Å². The highest BCUT2D eigenvalue weighted by Gasteiger charge is 2.04. The molecule has 1 aromatic rings. The monoisotopic (exact) mass is 247 g/mol. The van der Waals surface area contributed by atoms with Crippen LogP contribution in [0.1, 0.15) is 45.2 Å². The van der Waals surface area contributed by atoms with Gasteiger partial charge in [-0.15, -0.1) is 6.58 Å². The first-order valence-corrected chi connectivity index (χ1v) is 6.74. The maximum absolute atomic E-state index is 5.63. The third kappa shape index (κ3) is 5.37. The topological polar surface area (TPSA) is 21.3 Å². The van der Waals surface area contributed by atoms with Crippen LogP contribution in [0.5, 0.6) is 5.75 Å². The molecule has 100 valence electrons. The van der Waals surface area contributed by atoms with Gasteiger partial charge in [0.1, 0.15) is 5.75 Å². The van der Waals surface area contributed by atoms with Crippen molar-refractivity contribution in [2.45, 2.75) is 45.8 Å². The van der Waals surface area contributed by atoms with E-state index in [1.165, 1.54) is 5.56 Å².